The molecule has 0 radical (unpaired) electrons. The van der Waals surface area contributed by atoms with Crippen molar-refractivity contribution in [2.24, 2.45) is 5.92 Å². The van der Waals surface area contributed by atoms with Crippen molar-refractivity contribution in [3.05, 3.63) is 29.3 Å². The van der Waals surface area contributed by atoms with E-state index in [0.29, 0.717) is 5.56 Å². The van der Waals surface area contributed by atoms with Crippen molar-refractivity contribution in [2.45, 2.75) is 27.2 Å². The third kappa shape index (κ3) is 2.13. The summed E-state index contributed by atoms with van der Waals surface area (Å²) in [6.07, 6.45) is 0.827. The molecule has 1 aromatic rings. The summed E-state index contributed by atoms with van der Waals surface area (Å²) in [5.74, 6) is 0.319. The first-order valence-electron chi connectivity index (χ1n) is 4.90. The van der Waals surface area contributed by atoms with Gasteiger partial charge >= 0.3 is 0 Å². The number of carbonyl (C=O) groups is 1. The minimum atomic E-state index is 0.0251. The van der Waals surface area contributed by atoms with Crippen LogP contribution >= 0.6 is 0 Å². The first kappa shape index (κ1) is 10.8. The van der Waals surface area contributed by atoms with Gasteiger partial charge in [-0.15, -0.1) is 0 Å². The average molecular weight is 192 g/mol. The number of rotatable bonds is 3. The molecular weight excluding hydrogens is 176 g/mol. The molecule has 0 aliphatic carbocycles. The van der Waals surface area contributed by atoms with Crippen molar-refractivity contribution in [2.75, 3.05) is 0 Å². The van der Waals surface area contributed by atoms with Crippen LogP contribution in [0.15, 0.2) is 18.2 Å². The van der Waals surface area contributed by atoms with E-state index in [0.717, 1.165) is 12.0 Å². The van der Waals surface area contributed by atoms with Crippen molar-refractivity contribution in [3.63, 3.8) is 0 Å². The molecule has 1 aromatic carbocycles. The molecule has 1 unspecified atom stereocenters. The maximum Gasteiger partial charge on any atom is 0.165 e. The molecule has 2 heteroatoms. The van der Waals surface area contributed by atoms with Gasteiger partial charge in [-0.3, -0.25) is 4.79 Å². The van der Waals surface area contributed by atoms with Gasteiger partial charge in [-0.2, -0.15) is 0 Å². The number of Topliss-reactive ketones (excluding diaryl/α,β-unsaturated/α-hetero) is 1. The van der Waals surface area contributed by atoms with E-state index in [1.165, 1.54) is 0 Å². The Bertz CT molecular complexity index is 342. The van der Waals surface area contributed by atoms with Crippen LogP contribution in [-0.4, -0.2) is 10.9 Å². The molecule has 14 heavy (non-hydrogen) atoms. The van der Waals surface area contributed by atoms with Gasteiger partial charge in [0, 0.05) is 11.5 Å². The van der Waals surface area contributed by atoms with E-state index in [2.05, 4.69) is 0 Å². The van der Waals surface area contributed by atoms with E-state index in [1.807, 2.05) is 20.8 Å². The second-order valence-corrected chi connectivity index (χ2v) is 3.67. The van der Waals surface area contributed by atoms with E-state index in [-0.39, 0.29) is 17.5 Å². The summed E-state index contributed by atoms with van der Waals surface area (Å²) in [6.45, 7) is 5.70. The van der Waals surface area contributed by atoms with Crippen LogP contribution in [0.1, 0.15) is 36.2 Å². The third-order valence-electron chi connectivity index (χ3n) is 2.55. The van der Waals surface area contributed by atoms with Crippen LogP contribution in [0.5, 0.6) is 5.75 Å². The smallest absolute Gasteiger partial charge is 0.165 e. The Balaban J connectivity index is 2.97. The van der Waals surface area contributed by atoms with E-state index < -0.39 is 0 Å². The van der Waals surface area contributed by atoms with E-state index in [9.17, 15) is 9.90 Å². The molecule has 0 heterocycles. The number of carbonyl (C=O) groups excluding carboxylic acids is 1. The Morgan fingerprint density at radius 2 is 2.14 bits per heavy atom. The summed E-state index contributed by atoms with van der Waals surface area (Å²) in [6, 6.07) is 5.08. The lowest BCUT2D eigenvalue weighted by molar-refractivity contribution is 0.0927. The molecule has 0 saturated carbocycles. The standard InChI is InChI=1S/C12H16O2/c1-4-8(2)12(14)10-6-5-9(3)11(13)7-10/h5-8,13H,4H2,1-3H3. The highest BCUT2D eigenvalue weighted by Gasteiger charge is 2.13. The molecule has 1 atom stereocenters. The molecule has 0 fully saturated rings. The average Bonchev–Trinajstić information content (AvgIpc) is 2.20. The van der Waals surface area contributed by atoms with Gasteiger partial charge < -0.3 is 5.11 Å². The molecule has 0 saturated heterocycles. The Morgan fingerprint density at radius 3 is 2.64 bits per heavy atom. The van der Waals surface area contributed by atoms with Gasteiger partial charge in [-0.1, -0.05) is 26.0 Å². The molecule has 0 aromatic heterocycles. The lowest BCUT2D eigenvalue weighted by atomic mass is 9.96. The molecule has 1 N–H and O–H groups in total. The predicted molar refractivity (Wildman–Crippen MR) is 56.6 cm³/mol. The molecule has 0 spiro atoms. The zero-order chi connectivity index (χ0) is 10.7. The third-order valence-corrected chi connectivity index (χ3v) is 2.55. The first-order valence-corrected chi connectivity index (χ1v) is 4.90. The molecule has 1 rings (SSSR count). The number of ketones is 1. The number of benzene rings is 1. The van der Waals surface area contributed by atoms with E-state index in [1.54, 1.807) is 18.2 Å². The van der Waals surface area contributed by atoms with Crippen molar-refractivity contribution < 1.29 is 9.90 Å². The van der Waals surface area contributed by atoms with Crippen LogP contribution in [0.4, 0.5) is 0 Å². The summed E-state index contributed by atoms with van der Waals surface area (Å²) in [7, 11) is 0. The van der Waals surface area contributed by atoms with E-state index in [4.69, 9.17) is 0 Å². The normalized spacial score (nSPS) is 12.5. The lowest BCUT2D eigenvalue weighted by Crippen LogP contribution is -2.09. The van der Waals surface area contributed by atoms with Gasteiger partial charge in [0.25, 0.3) is 0 Å². The minimum Gasteiger partial charge on any atom is -0.508 e. The maximum atomic E-state index is 11.7. The van der Waals surface area contributed by atoms with Crippen LogP contribution in [0.3, 0.4) is 0 Å². The molecular formula is C12H16O2. The Kier molecular flexibility index (Phi) is 3.28. The lowest BCUT2D eigenvalue weighted by Gasteiger charge is -2.08. The topological polar surface area (TPSA) is 37.3 Å². The summed E-state index contributed by atoms with van der Waals surface area (Å²) in [5.41, 5.74) is 1.40. The molecule has 2 nitrogen and oxygen atoms in total. The monoisotopic (exact) mass is 192 g/mol. The second kappa shape index (κ2) is 4.27. The maximum absolute atomic E-state index is 11.7. The highest BCUT2D eigenvalue weighted by atomic mass is 16.3. The number of aromatic hydroxyl groups is 1. The first-order chi connectivity index (χ1) is 6.56. The molecule has 0 bridgehead atoms. The Labute approximate surface area is 84.6 Å². The Morgan fingerprint density at radius 1 is 1.50 bits per heavy atom. The highest BCUT2D eigenvalue weighted by Crippen LogP contribution is 2.20. The second-order valence-electron chi connectivity index (χ2n) is 3.67. The van der Waals surface area contributed by atoms with Crippen molar-refractivity contribution in [1.29, 1.82) is 0 Å². The summed E-state index contributed by atoms with van der Waals surface area (Å²) < 4.78 is 0. The van der Waals surface area contributed by atoms with Gasteiger partial charge in [-0.05, 0) is 25.0 Å². The SMILES string of the molecule is CCC(C)C(=O)c1ccc(C)c(O)c1. The van der Waals surface area contributed by atoms with Gasteiger partial charge in [0.1, 0.15) is 5.75 Å². The number of hydrogen-bond acceptors (Lipinski definition) is 2. The fraction of sp³-hybridized carbons (Fsp3) is 0.417. The van der Waals surface area contributed by atoms with Gasteiger partial charge in [-0.25, -0.2) is 0 Å². The van der Waals surface area contributed by atoms with Crippen molar-refractivity contribution >= 4 is 5.78 Å². The summed E-state index contributed by atoms with van der Waals surface area (Å²) in [5, 5.41) is 9.45. The fourth-order valence-corrected chi connectivity index (χ4v) is 1.23. The van der Waals surface area contributed by atoms with Gasteiger partial charge in [0.05, 0.1) is 0 Å². The zero-order valence-corrected chi connectivity index (χ0v) is 8.87. The largest absolute Gasteiger partial charge is 0.508 e. The van der Waals surface area contributed by atoms with Crippen molar-refractivity contribution in [1.82, 2.24) is 0 Å². The number of aryl methyl sites for hydroxylation is 1. The number of phenolic OH excluding ortho intramolecular Hbond substituents is 1. The van der Waals surface area contributed by atoms with Gasteiger partial charge in [0.15, 0.2) is 5.78 Å². The summed E-state index contributed by atoms with van der Waals surface area (Å²) >= 11 is 0. The Hall–Kier alpha value is -1.31. The van der Waals surface area contributed by atoms with Crippen molar-refractivity contribution in [3.8, 4) is 5.75 Å². The highest BCUT2D eigenvalue weighted by molar-refractivity contribution is 5.98. The van der Waals surface area contributed by atoms with Crippen LogP contribution in [0.2, 0.25) is 0 Å². The minimum absolute atomic E-state index is 0.0251. The zero-order valence-electron chi connectivity index (χ0n) is 8.87. The molecule has 0 amide bonds. The molecule has 0 aliphatic rings. The van der Waals surface area contributed by atoms with E-state index >= 15 is 0 Å². The molecule has 76 valence electrons. The van der Waals surface area contributed by atoms with Crippen LogP contribution in [-0.2, 0) is 0 Å². The van der Waals surface area contributed by atoms with Crippen LogP contribution in [0, 0.1) is 12.8 Å². The molecule has 0 aliphatic heterocycles. The number of hydrogen-bond donors (Lipinski definition) is 1. The summed E-state index contributed by atoms with van der Waals surface area (Å²) in [4.78, 5) is 11.7. The fourth-order valence-electron chi connectivity index (χ4n) is 1.23. The van der Waals surface area contributed by atoms with Crippen LogP contribution in [0.25, 0.3) is 0 Å². The van der Waals surface area contributed by atoms with Crippen LogP contribution < -0.4 is 0 Å². The predicted octanol–water partition coefficient (Wildman–Crippen LogP) is 2.93. The van der Waals surface area contributed by atoms with Gasteiger partial charge in [0.2, 0.25) is 0 Å². The quantitative estimate of drug-likeness (QED) is 0.747. The number of phenols is 1.